The number of hydrogen-bond donors (Lipinski definition) is 1. The number of benzene rings is 2. The number of imide groups is 1. The van der Waals surface area contributed by atoms with E-state index in [1.54, 1.807) is 0 Å². The van der Waals surface area contributed by atoms with E-state index in [2.05, 4.69) is 5.32 Å². The van der Waals surface area contributed by atoms with Gasteiger partial charge in [-0.15, -0.1) is 0 Å². The lowest BCUT2D eigenvalue weighted by Crippen LogP contribution is -2.34. The van der Waals surface area contributed by atoms with Crippen molar-refractivity contribution in [3.05, 3.63) is 59.9 Å². The molecule has 1 N–H and O–H groups in total. The molecule has 1 heterocycles. The van der Waals surface area contributed by atoms with Crippen LogP contribution in [0.5, 0.6) is 0 Å². The predicted molar refractivity (Wildman–Crippen MR) is 81.7 cm³/mol. The summed E-state index contributed by atoms with van der Waals surface area (Å²) in [4.78, 5) is 36.3. The molecule has 2 aromatic rings. The third kappa shape index (κ3) is 2.96. The van der Waals surface area contributed by atoms with Gasteiger partial charge < -0.3 is 15.2 Å². The molecule has 2 aromatic carbocycles. The van der Waals surface area contributed by atoms with Crippen LogP contribution in [-0.2, 0) is 9.59 Å². The van der Waals surface area contributed by atoms with Gasteiger partial charge in [-0.3, -0.25) is 9.59 Å². The van der Waals surface area contributed by atoms with Crippen LogP contribution in [0, 0.1) is 5.82 Å². The summed E-state index contributed by atoms with van der Waals surface area (Å²) in [6.07, 6.45) is -0.0432. The first-order valence-electron chi connectivity index (χ1n) is 7.16. The monoisotopic (exact) mass is 327 g/mol. The Kier molecular flexibility index (Phi) is 3.99. The third-order valence-corrected chi connectivity index (χ3v) is 3.69. The molecule has 1 saturated heterocycles. The lowest BCUT2D eigenvalue weighted by molar-refractivity contribution is -0.255. The fraction of sp³-hybridized carbons (Fsp3) is 0.118. The number of amides is 2. The zero-order chi connectivity index (χ0) is 17.3. The molecule has 1 atom stereocenters. The minimum Gasteiger partial charge on any atom is -0.545 e. The average Bonchev–Trinajstić information content (AvgIpc) is 2.83. The Morgan fingerprint density at radius 2 is 1.71 bits per heavy atom. The highest BCUT2D eigenvalue weighted by atomic mass is 19.1. The molecular weight excluding hydrogens is 315 g/mol. The van der Waals surface area contributed by atoms with Gasteiger partial charge in [0.05, 0.1) is 18.1 Å². The molecule has 0 saturated carbocycles. The minimum atomic E-state index is -1.34. The highest BCUT2D eigenvalue weighted by Crippen LogP contribution is 2.25. The minimum absolute atomic E-state index is 0.0427. The van der Waals surface area contributed by atoms with Crippen molar-refractivity contribution in [2.45, 2.75) is 12.5 Å². The molecule has 24 heavy (non-hydrogen) atoms. The molecule has 0 unspecified atom stereocenters. The van der Waals surface area contributed by atoms with Crippen molar-refractivity contribution < 1.29 is 23.9 Å². The van der Waals surface area contributed by atoms with Crippen LogP contribution >= 0.6 is 0 Å². The van der Waals surface area contributed by atoms with Gasteiger partial charge in [0.25, 0.3) is 5.91 Å². The van der Waals surface area contributed by atoms with Crippen LogP contribution in [0.2, 0.25) is 0 Å². The van der Waals surface area contributed by atoms with Crippen molar-refractivity contribution in [3.63, 3.8) is 0 Å². The zero-order valence-corrected chi connectivity index (χ0v) is 12.4. The molecule has 0 spiro atoms. The van der Waals surface area contributed by atoms with Gasteiger partial charge in [-0.1, -0.05) is 12.1 Å². The van der Waals surface area contributed by atoms with Crippen molar-refractivity contribution in [1.82, 2.24) is 0 Å². The first-order valence-corrected chi connectivity index (χ1v) is 7.16. The van der Waals surface area contributed by atoms with Crippen LogP contribution in [0.4, 0.5) is 15.8 Å². The third-order valence-electron chi connectivity index (χ3n) is 3.69. The number of anilines is 2. The van der Waals surface area contributed by atoms with E-state index in [1.165, 1.54) is 48.5 Å². The smallest absolute Gasteiger partial charge is 0.256 e. The molecule has 6 nitrogen and oxygen atoms in total. The Balaban J connectivity index is 1.78. The van der Waals surface area contributed by atoms with Gasteiger partial charge in [0.1, 0.15) is 11.9 Å². The van der Waals surface area contributed by atoms with Crippen LogP contribution in [0.25, 0.3) is 0 Å². The summed E-state index contributed by atoms with van der Waals surface area (Å²) in [5.41, 5.74) is 0.772. The van der Waals surface area contributed by atoms with Crippen LogP contribution in [-0.4, -0.2) is 23.8 Å². The fourth-order valence-corrected chi connectivity index (χ4v) is 2.51. The van der Waals surface area contributed by atoms with Crippen molar-refractivity contribution >= 4 is 29.2 Å². The number of carbonyl (C=O) groups is 3. The highest BCUT2D eigenvalue weighted by molar-refractivity contribution is 6.23. The maximum atomic E-state index is 12.9. The number of aromatic carboxylic acids is 1. The second-order valence-corrected chi connectivity index (χ2v) is 5.31. The van der Waals surface area contributed by atoms with Gasteiger partial charge in [-0.05, 0) is 42.0 Å². The summed E-state index contributed by atoms with van der Waals surface area (Å²) in [6.45, 7) is 0. The average molecular weight is 327 g/mol. The number of rotatable bonds is 4. The molecule has 1 aliphatic rings. The van der Waals surface area contributed by atoms with E-state index >= 15 is 0 Å². The number of carbonyl (C=O) groups excluding carboxylic acids is 3. The summed E-state index contributed by atoms with van der Waals surface area (Å²) < 4.78 is 12.9. The first-order chi connectivity index (χ1) is 11.5. The number of hydrogen-bond acceptors (Lipinski definition) is 5. The molecule has 0 bridgehead atoms. The van der Waals surface area contributed by atoms with Crippen molar-refractivity contribution in [1.29, 1.82) is 0 Å². The number of nitrogens with one attached hydrogen (secondary N) is 1. The summed E-state index contributed by atoms with van der Waals surface area (Å²) >= 11 is 0. The van der Waals surface area contributed by atoms with Crippen LogP contribution in [0.15, 0.2) is 48.5 Å². The standard InChI is InChI=1S/C17H13FN2O4/c18-11-3-5-12(6-4-11)19-14-9-15(21)20(16(14)22)13-7-1-10(2-8-13)17(23)24/h1-8,14,19H,9H2,(H,23,24)/p-1/t14-/m0/s1. The lowest BCUT2D eigenvalue weighted by Gasteiger charge is -2.16. The van der Waals surface area contributed by atoms with Gasteiger partial charge in [0.2, 0.25) is 5.91 Å². The summed E-state index contributed by atoms with van der Waals surface area (Å²) in [5.74, 6) is -2.59. The maximum absolute atomic E-state index is 12.9. The van der Waals surface area contributed by atoms with E-state index in [4.69, 9.17) is 0 Å². The lowest BCUT2D eigenvalue weighted by atomic mass is 10.2. The van der Waals surface area contributed by atoms with Gasteiger partial charge in [0, 0.05) is 5.69 Å². The molecule has 122 valence electrons. The van der Waals surface area contributed by atoms with E-state index in [0.717, 1.165) is 4.90 Å². The first kappa shape index (κ1) is 15.7. The number of carboxylic acids is 1. The van der Waals surface area contributed by atoms with E-state index in [-0.39, 0.29) is 12.0 Å². The SMILES string of the molecule is O=C([O-])c1ccc(N2C(=O)C[C@H](Nc3ccc(F)cc3)C2=O)cc1. The molecule has 7 heteroatoms. The van der Waals surface area contributed by atoms with Crippen molar-refractivity contribution in [2.75, 3.05) is 10.2 Å². The van der Waals surface area contributed by atoms with Crippen LogP contribution in [0.3, 0.4) is 0 Å². The number of nitrogens with zero attached hydrogens (tertiary/aromatic N) is 1. The van der Waals surface area contributed by atoms with Gasteiger partial charge in [0.15, 0.2) is 0 Å². The Morgan fingerprint density at radius 3 is 2.29 bits per heavy atom. The fourth-order valence-electron chi connectivity index (χ4n) is 2.51. The molecule has 1 aliphatic heterocycles. The molecule has 0 aliphatic carbocycles. The highest BCUT2D eigenvalue weighted by Gasteiger charge is 2.39. The normalized spacial score (nSPS) is 17.2. The summed E-state index contributed by atoms with van der Waals surface area (Å²) in [5, 5.41) is 13.6. The van der Waals surface area contributed by atoms with Crippen molar-refractivity contribution in [3.8, 4) is 0 Å². The second kappa shape index (κ2) is 6.11. The molecular formula is C17H12FN2O4-. The summed E-state index contributed by atoms with van der Waals surface area (Å²) in [7, 11) is 0. The topological polar surface area (TPSA) is 89.5 Å². The zero-order valence-electron chi connectivity index (χ0n) is 12.4. The number of halogens is 1. The van der Waals surface area contributed by atoms with Gasteiger partial charge in [-0.25, -0.2) is 9.29 Å². The van der Waals surface area contributed by atoms with Crippen LogP contribution < -0.4 is 15.3 Å². The molecule has 0 radical (unpaired) electrons. The van der Waals surface area contributed by atoms with E-state index in [9.17, 15) is 23.9 Å². The molecule has 2 amide bonds. The maximum Gasteiger partial charge on any atom is 0.256 e. The largest absolute Gasteiger partial charge is 0.545 e. The number of carboxylic acid groups (broad SMARTS) is 1. The Labute approximate surface area is 136 Å². The van der Waals surface area contributed by atoms with E-state index < -0.39 is 29.6 Å². The predicted octanol–water partition coefficient (Wildman–Crippen LogP) is 0.933. The second-order valence-electron chi connectivity index (χ2n) is 5.31. The van der Waals surface area contributed by atoms with E-state index in [1.807, 2.05) is 0 Å². The van der Waals surface area contributed by atoms with Gasteiger partial charge >= 0.3 is 0 Å². The van der Waals surface area contributed by atoms with Crippen LogP contribution in [0.1, 0.15) is 16.8 Å². The van der Waals surface area contributed by atoms with Gasteiger partial charge in [-0.2, -0.15) is 0 Å². The Morgan fingerprint density at radius 1 is 1.08 bits per heavy atom. The summed E-state index contributed by atoms with van der Waals surface area (Å²) in [6, 6.07) is 9.98. The Bertz CT molecular complexity index is 802. The quantitative estimate of drug-likeness (QED) is 0.844. The molecule has 0 aromatic heterocycles. The molecule has 1 fully saturated rings. The van der Waals surface area contributed by atoms with E-state index in [0.29, 0.717) is 11.4 Å². The van der Waals surface area contributed by atoms with Crippen molar-refractivity contribution in [2.24, 2.45) is 0 Å². The molecule has 3 rings (SSSR count). The Hall–Kier alpha value is -3.22.